The number of halogens is 3. The molecule has 1 heterocycles. The second-order valence-electron chi connectivity index (χ2n) is 4.42. The predicted molar refractivity (Wildman–Crippen MR) is 68.0 cm³/mol. The van der Waals surface area contributed by atoms with Crippen molar-refractivity contribution in [2.24, 2.45) is 0 Å². The maximum Gasteiger partial charge on any atom is 0.471 e. The fourth-order valence-corrected chi connectivity index (χ4v) is 3.19. The fourth-order valence-electron chi connectivity index (χ4n) is 2.05. The zero-order valence-corrected chi connectivity index (χ0v) is 11.0. The van der Waals surface area contributed by atoms with Crippen molar-refractivity contribution < 1.29 is 18.0 Å². The monoisotopic (exact) mass is 289 g/mol. The number of likely N-dealkylation sites (tertiary alicyclic amines) is 1. The third-order valence-corrected chi connectivity index (χ3v) is 4.37. The predicted octanol–water partition coefficient (Wildman–Crippen LogP) is 3.33. The highest BCUT2D eigenvalue weighted by Crippen LogP contribution is 2.31. The highest BCUT2D eigenvalue weighted by atomic mass is 32.2. The molecule has 0 unspecified atom stereocenters. The quantitative estimate of drug-likeness (QED) is 0.832. The van der Waals surface area contributed by atoms with Crippen LogP contribution in [0.5, 0.6) is 0 Å². The zero-order valence-electron chi connectivity index (χ0n) is 10.2. The standard InChI is InChI=1S/C13H14F3NOS/c14-13(15,16)12(18)17-8-6-11(7-9-17)19-10-4-2-1-3-5-10/h1-5,11H,6-9H2. The lowest BCUT2D eigenvalue weighted by Crippen LogP contribution is -2.45. The fraction of sp³-hybridized carbons (Fsp3) is 0.462. The van der Waals surface area contributed by atoms with Crippen LogP contribution in [0.25, 0.3) is 0 Å². The molecule has 1 saturated heterocycles. The molecule has 0 bridgehead atoms. The summed E-state index contributed by atoms with van der Waals surface area (Å²) in [5, 5.41) is 0.277. The number of hydrogen-bond donors (Lipinski definition) is 0. The molecule has 1 fully saturated rings. The summed E-state index contributed by atoms with van der Waals surface area (Å²) in [7, 11) is 0. The topological polar surface area (TPSA) is 20.3 Å². The molecule has 1 aromatic carbocycles. The first-order chi connectivity index (χ1) is 8.97. The molecule has 2 nitrogen and oxygen atoms in total. The summed E-state index contributed by atoms with van der Waals surface area (Å²) in [6, 6.07) is 9.76. The van der Waals surface area contributed by atoms with Crippen LogP contribution in [0.3, 0.4) is 0 Å². The van der Waals surface area contributed by atoms with Gasteiger partial charge in [-0.05, 0) is 25.0 Å². The molecule has 19 heavy (non-hydrogen) atoms. The molecular formula is C13H14F3NOS. The van der Waals surface area contributed by atoms with Gasteiger partial charge in [0.05, 0.1) is 0 Å². The molecule has 1 aromatic rings. The van der Waals surface area contributed by atoms with Gasteiger partial charge in [-0.2, -0.15) is 13.2 Å². The van der Waals surface area contributed by atoms with E-state index in [1.165, 1.54) is 0 Å². The highest BCUT2D eigenvalue weighted by molar-refractivity contribution is 8.00. The van der Waals surface area contributed by atoms with Crippen LogP contribution in [0.2, 0.25) is 0 Å². The van der Waals surface area contributed by atoms with Crippen molar-refractivity contribution in [1.82, 2.24) is 4.90 Å². The second-order valence-corrected chi connectivity index (χ2v) is 5.79. The van der Waals surface area contributed by atoms with Crippen molar-refractivity contribution in [2.45, 2.75) is 29.2 Å². The molecule has 2 rings (SSSR count). The molecule has 6 heteroatoms. The van der Waals surface area contributed by atoms with E-state index in [2.05, 4.69) is 0 Å². The lowest BCUT2D eigenvalue weighted by Gasteiger charge is -2.32. The summed E-state index contributed by atoms with van der Waals surface area (Å²) >= 11 is 1.67. The van der Waals surface area contributed by atoms with Crippen molar-refractivity contribution in [3.05, 3.63) is 30.3 Å². The molecule has 1 aliphatic rings. The average molecular weight is 289 g/mol. The van der Waals surface area contributed by atoms with E-state index in [0.29, 0.717) is 12.8 Å². The Bertz CT molecular complexity index is 427. The molecule has 0 N–H and O–H groups in total. The van der Waals surface area contributed by atoms with Crippen molar-refractivity contribution in [3.63, 3.8) is 0 Å². The lowest BCUT2D eigenvalue weighted by atomic mass is 10.1. The van der Waals surface area contributed by atoms with Gasteiger partial charge in [-0.3, -0.25) is 4.79 Å². The smallest absolute Gasteiger partial charge is 0.335 e. The zero-order chi connectivity index (χ0) is 13.9. The third kappa shape index (κ3) is 3.89. The molecule has 0 atom stereocenters. The highest BCUT2D eigenvalue weighted by Gasteiger charge is 2.43. The first-order valence-corrected chi connectivity index (χ1v) is 6.92. The number of nitrogens with zero attached hydrogens (tertiary/aromatic N) is 1. The Hall–Kier alpha value is -1.17. The van der Waals surface area contributed by atoms with Crippen molar-refractivity contribution in [3.8, 4) is 0 Å². The Kier molecular flexibility index (Phi) is 4.39. The Morgan fingerprint density at radius 1 is 1.16 bits per heavy atom. The van der Waals surface area contributed by atoms with Gasteiger partial charge < -0.3 is 4.90 Å². The molecule has 0 aliphatic carbocycles. The van der Waals surface area contributed by atoms with Gasteiger partial charge in [0.2, 0.25) is 0 Å². The largest absolute Gasteiger partial charge is 0.471 e. The van der Waals surface area contributed by atoms with Crippen molar-refractivity contribution in [1.29, 1.82) is 0 Å². The number of hydrogen-bond acceptors (Lipinski definition) is 2. The molecule has 0 radical (unpaired) electrons. The summed E-state index contributed by atoms with van der Waals surface area (Å²) in [4.78, 5) is 13.1. The average Bonchev–Trinajstić information content (AvgIpc) is 2.39. The summed E-state index contributed by atoms with van der Waals surface area (Å²) in [5.74, 6) is -1.71. The number of rotatable bonds is 2. The third-order valence-electron chi connectivity index (χ3n) is 3.02. The van der Waals surface area contributed by atoms with E-state index < -0.39 is 12.1 Å². The van der Waals surface area contributed by atoms with Gasteiger partial charge >= 0.3 is 12.1 Å². The number of piperidine rings is 1. The van der Waals surface area contributed by atoms with E-state index in [1.54, 1.807) is 11.8 Å². The lowest BCUT2D eigenvalue weighted by molar-refractivity contribution is -0.186. The Morgan fingerprint density at radius 3 is 2.26 bits per heavy atom. The molecule has 1 aliphatic heterocycles. The molecule has 1 amide bonds. The minimum Gasteiger partial charge on any atom is -0.335 e. The molecular weight excluding hydrogens is 275 g/mol. The van der Waals surface area contributed by atoms with E-state index in [1.807, 2.05) is 30.3 Å². The van der Waals surface area contributed by atoms with Gasteiger partial charge in [-0.25, -0.2) is 0 Å². The Labute approximate surface area is 114 Å². The van der Waals surface area contributed by atoms with Crippen LogP contribution in [0.15, 0.2) is 35.2 Å². The number of benzene rings is 1. The van der Waals surface area contributed by atoms with Gasteiger partial charge in [-0.1, -0.05) is 18.2 Å². The van der Waals surface area contributed by atoms with Crippen LogP contribution >= 0.6 is 11.8 Å². The second kappa shape index (κ2) is 5.86. The number of thioether (sulfide) groups is 1. The van der Waals surface area contributed by atoms with Gasteiger partial charge in [0.25, 0.3) is 0 Å². The Morgan fingerprint density at radius 2 is 1.74 bits per heavy atom. The molecule has 0 aromatic heterocycles. The summed E-state index contributed by atoms with van der Waals surface area (Å²) in [5.41, 5.74) is 0. The Balaban J connectivity index is 1.85. The van der Waals surface area contributed by atoms with Crippen LogP contribution in [0.4, 0.5) is 13.2 Å². The van der Waals surface area contributed by atoms with E-state index in [9.17, 15) is 18.0 Å². The summed E-state index contributed by atoms with van der Waals surface area (Å²) in [6.45, 7) is 0.367. The molecule has 0 spiro atoms. The first kappa shape index (κ1) is 14.2. The van der Waals surface area contributed by atoms with E-state index in [0.717, 1.165) is 9.80 Å². The van der Waals surface area contributed by atoms with Gasteiger partial charge in [0.15, 0.2) is 0 Å². The maximum atomic E-state index is 12.3. The minimum absolute atomic E-state index is 0.183. The van der Waals surface area contributed by atoms with Crippen LogP contribution < -0.4 is 0 Å². The maximum absolute atomic E-state index is 12.3. The van der Waals surface area contributed by atoms with Gasteiger partial charge in [0.1, 0.15) is 0 Å². The van der Waals surface area contributed by atoms with Crippen molar-refractivity contribution >= 4 is 17.7 Å². The molecule has 0 saturated carbocycles. The first-order valence-electron chi connectivity index (χ1n) is 6.04. The van der Waals surface area contributed by atoms with Gasteiger partial charge in [-0.15, -0.1) is 11.8 Å². The minimum atomic E-state index is -4.75. The van der Waals surface area contributed by atoms with Gasteiger partial charge in [0, 0.05) is 23.2 Å². The van der Waals surface area contributed by atoms with E-state index in [-0.39, 0.29) is 18.3 Å². The van der Waals surface area contributed by atoms with Crippen LogP contribution in [-0.2, 0) is 4.79 Å². The van der Waals surface area contributed by atoms with Crippen LogP contribution in [0.1, 0.15) is 12.8 Å². The number of carbonyl (C=O) groups is 1. The number of alkyl halides is 3. The summed E-state index contributed by atoms with van der Waals surface area (Å²) < 4.78 is 36.8. The number of carbonyl (C=O) groups excluding carboxylic acids is 1. The number of amides is 1. The SMILES string of the molecule is O=C(N1CCC(Sc2ccccc2)CC1)C(F)(F)F. The van der Waals surface area contributed by atoms with E-state index >= 15 is 0 Å². The normalized spacial score (nSPS) is 17.5. The van der Waals surface area contributed by atoms with Crippen LogP contribution in [0, 0.1) is 0 Å². The molecule has 104 valence electrons. The van der Waals surface area contributed by atoms with Crippen LogP contribution in [-0.4, -0.2) is 35.3 Å². The summed E-state index contributed by atoms with van der Waals surface area (Å²) in [6.07, 6.45) is -3.55. The van der Waals surface area contributed by atoms with E-state index in [4.69, 9.17) is 0 Å². The van der Waals surface area contributed by atoms with Crippen molar-refractivity contribution in [2.75, 3.05) is 13.1 Å².